The van der Waals surface area contributed by atoms with Crippen LogP contribution in [0.2, 0.25) is 0 Å². The van der Waals surface area contributed by atoms with Gasteiger partial charge in [0.2, 0.25) is 0 Å². The van der Waals surface area contributed by atoms with Gasteiger partial charge in [0, 0.05) is 39.1 Å². The molecule has 0 aromatic rings. The van der Waals surface area contributed by atoms with Gasteiger partial charge in [-0.2, -0.15) is 0 Å². The molecular weight excluding hydrogens is 224 g/mol. The van der Waals surface area contributed by atoms with Crippen LogP contribution in [0, 0.1) is 0 Å². The molecule has 0 aromatic carbocycles. The van der Waals surface area contributed by atoms with Crippen molar-refractivity contribution in [2.24, 2.45) is 0 Å². The first-order valence-electron chi connectivity index (χ1n) is 6.06. The summed E-state index contributed by atoms with van der Waals surface area (Å²) >= 11 is 0. The molecule has 0 bridgehead atoms. The number of carboxylic acids is 1. The zero-order chi connectivity index (χ0) is 12.3. The van der Waals surface area contributed by atoms with Crippen LogP contribution < -0.4 is 0 Å². The Hall–Kier alpha value is -0.690. The van der Waals surface area contributed by atoms with Gasteiger partial charge in [0.15, 0.2) is 12.4 Å². The number of piperazine rings is 1. The minimum absolute atomic E-state index is 0.169. The average molecular weight is 244 g/mol. The van der Waals surface area contributed by atoms with Crippen molar-refractivity contribution in [1.82, 2.24) is 9.80 Å². The Morgan fingerprint density at radius 2 is 2.06 bits per heavy atom. The third-order valence-corrected chi connectivity index (χ3v) is 3.30. The summed E-state index contributed by atoms with van der Waals surface area (Å²) in [6, 6.07) is 0. The summed E-state index contributed by atoms with van der Waals surface area (Å²) < 4.78 is 10.6. The van der Waals surface area contributed by atoms with Crippen molar-refractivity contribution in [3.05, 3.63) is 0 Å². The summed E-state index contributed by atoms with van der Waals surface area (Å²) in [5.74, 6) is -0.938. The van der Waals surface area contributed by atoms with Crippen LogP contribution in [0.25, 0.3) is 0 Å². The largest absolute Gasteiger partial charge is 0.479 e. The van der Waals surface area contributed by atoms with Gasteiger partial charge >= 0.3 is 5.97 Å². The topological polar surface area (TPSA) is 62.2 Å². The van der Waals surface area contributed by atoms with Crippen LogP contribution in [0.5, 0.6) is 0 Å². The molecule has 98 valence electrons. The van der Waals surface area contributed by atoms with Crippen molar-refractivity contribution in [2.45, 2.75) is 18.8 Å². The van der Waals surface area contributed by atoms with Crippen LogP contribution in [0.1, 0.15) is 6.42 Å². The van der Waals surface area contributed by atoms with Gasteiger partial charge in [0.1, 0.15) is 0 Å². The van der Waals surface area contributed by atoms with E-state index in [4.69, 9.17) is 14.6 Å². The quantitative estimate of drug-likeness (QED) is 0.716. The monoisotopic (exact) mass is 244 g/mol. The van der Waals surface area contributed by atoms with E-state index < -0.39 is 12.1 Å². The third-order valence-electron chi connectivity index (χ3n) is 3.30. The summed E-state index contributed by atoms with van der Waals surface area (Å²) in [6.45, 7) is 5.37. The van der Waals surface area contributed by atoms with Crippen LogP contribution in [-0.4, -0.2) is 79.6 Å². The minimum atomic E-state index is -0.938. The summed E-state index contributed by atoms with van der Waals surface area (Å²) in [5, 5.41) is 8.76. The summed E-state index contributed by atoms with van der Waals surface area (Å²) in [5.41, 5.74) is 0. The van der Waals surface area contributed by atoms with Crippen LogP contribution in [0.3, 0.4) is 0 Å². The molecule has 6 nitrogen and oxygen atoms in total. The Kier molecular flexibility index (Phi) is 4.33. The number of likely N-dealkylation sites (N-methyl/N-ethyl adjacent to an activating group) is 1. The van der Waals surface area contributed by atoms with Crippen LogP contribution in [0.4, 0.5) is 0 Å². The van der Waals surface area contributed by atoms with Crippen LogP contribution >= 0.6 is 0 Å². The SMILES string of the molecule is CN1CCN(CCC2OCC(C(=O)O)O2)CC1. The van der Waals surface area contributed by atoms with Crippen molar-refractivity contribution in [1.29, 1.82) is 0 Å². The van der Waals surface area contributed by atoms with Crippen molar-refractivity contribution in [3.8, 4) is 0 Å². The number of hydrogen-bond acceptors (Lipinski definition) is 5. The molecule has 2 fully saturated rings. The highest BCUT2D eigenvalue weighted by Crippen LogP contribution is 2.15. The van der Waals surface area contributed by atoms with Gasteiger partial charge in [-0.3, -0.25) is 0 Å². The lowest BCUT2D eigenvalue weighted by molar-refractivity contribution is -0.150. The predicted molar refractivity (Wildman–Crippen MR) is 60.8 cm³/mol. The summed E-state index contributed by atoms with van der Waals surface area (Å²) in [6.07, 6.45) is -0.392. The van der Waals surface area contributed by atoms with Crippen molar-refractivity contribution >= 4 is 5.97 Å². The lowest BCUT2D eigenvalue weighted by Gasteiger charge is -2.32. The Labute approximate surface area is 101 Å². The molecule has 17 heavy (non-hydrogen) atoms. The van der Waals surface area contributed by atoms with Gasteiger partial charge in [-0.25, -0.2) is 4.79 Å². The second-order valence-corrected chi connectivity index (χ2v) is 4.66. The fourth-order valence-corrected chi connectivity index (χ4v) is 2.10. The summed E-state index contributed by atoms with van der Waals surface area (Å²) in [4.78, 5) is 15.3. The molecule has 2 atom stereocenters. The standard InChI is InChI=1S/C11H20N2O4/c1-12-4-6-13(7-5-12)3-2-10-16-8-9(17-10)11(14)15/h9-10H,2-8H2,1H3,(H,14,15). The molecule has 2 saturated heterocycles. The molecule has 0 spiro atoms. The summed E-state index contributed by atoms with van der Waals surface area (Å²) in [7, 11) is 2.12. The molecule has 6 heteroatoms. The fraction of sp³-hybridized carbons (Fsp3) is 0.909. The van der Waals surface area contributed by atoms with Crippen molar-refractivity contribution < 1.29 is 19.4 Å². The van der Waals surface area contributed by atoms with E-state index in [1.165, 1.54) is 0 Å². The van der Waals surface area contributed by atoms with Gasteiger partial charge < -0.3 is 24.4 Å². The molecule has 0 radical (unpaired) electrons. The zero-order valence-electron chi connectivity index (χ0n) is 10.2. The number of aliphatic carboxylic acids is 1. The highest BCUT2D eigenvalue weighted by molar-refractivity contribution is 5.72. The maximum absolute atomic E-state index is 10.7. The highest BCUT2D eigenvalue weighted by Gasteiger charge is 2.31. The average Bonchev–Trinajstić information content (AvgIpc) is 2.77. The molecule has 1 N–H and O–H groups in total. The van der Waals surface area contributed by atoms with E-state index in [1.807, 2.05) is 0 Å². The highest BCUT2D eigenvalue weighted by atomic mass is 16.7. The Morgan fingerprint density at radius 3 is 2.65 bits per heavy atom. The molecule has 2 aliphatic heterocycles. The molecule has 0 aliphatic carbocycles. The van der Waals surface area contributed by atoms with E-state index in [2.05, 4.69) is 16.8 Å². The fourth-order valence-electron chi connectivity index (χ4n) is 2.10. The molecule has 2 rings (SSSR count). The van der Waals surface area contributed by atoms with Gasteiger partial charge in [-0.1, -0.05) is 0 Å². The zero-order valence-corrected chi connectivity index (χ0v) is 10.2. The number of rotatable bonds is 4. The predicted octanol–water partition coefficient (Wildman–Crippen LogP) is -0.550. The normalized spacial score (nSPS) is 31.8. The van der Waals surface area contributed by atoms with Crippen LogP contribution in [0.15, 0.2) is 0 Å². The van der Waals surface area contributed by atoms with Gasteiger partial charge in [-0.15, -0.1) is 0 Å². The molecular formula is C11H20N2O4. The first kappa shape index (κ1) is 12.8. The van der Waals surface area contributed by atoms with E-state index in [-0.39, 0.29) is 12.9 Å². The maximum atomic E-state index is 10.7. The van der Waals surface area contributed by atoms with Gasteiger partial charge in [-0.05, 0) is 7.05 Å². The third kappa shape index (κ3) is 3.64. The minimum Gasteiger partial charge on any atom is -0.479 e. The second kappa shape index (κ2) is 5.77. The molecule has 2 aliphatic rings. The van der Waals surface area contributed by atoms with Crippen molar-refractivity contribution in [2.75, 3.05) is 46.4 Å². The molecule has 0 saturated carbocycles. The molecule has 2 heterocycles. The van der Waals surface area contributed by atoms with E-state index in [0.29, 0.717) is 0 Å². The Bertz CT molecular complexity index is 266. The number of carboxylic acid groups (broad SMARTS) is 1. The number of carbonyl (C=O) groups is 1. The first-order valence-corrected chi connectivity index (χ1v) is 6.06. The maximum Gasteiger partial charge on any atom is 0.335 e. The number of hydrogen-bond donors (Lipinski definition) is 1. The number of ether oxygens (including phenoxy) is 2. The van der Waals surface area contributed by atoms with Crippen LogP contribution in [-0.2, 0) is 14.3 Å². The first-order chi connectivity index (χ1) is 8.15. The van der Waals surface area contributed by atoms with Crippen molar-refractivity contribution in [3.63, 3.8) is 0 Å². The molecule has 0 aromatic heterocycles. The smallest absolute Gasteiger partial charge is 0.335 e. The lowest BCUT2D eigenvalue weighted by Crippen LogP contribution is -2.45. The molecule has 0 amide bonds. The van der Waals surface area contributed by atoms with E-state index >= 15 is 0 Å². The lowest BCUT2D eigenvalue weighted by atomic mass is 10.3. The Balaban J connectivity index is 1.64. The van der Waals surface area contributed by atoms with E-state index in [9.17, 15) is 4.79 Å². The molecule has 2 unspecified atom stereocenters. The van der Waals surface area contributed by atoms with Gasteiger partial charge in [0.25, 0.3) is 0 Å². The Morgan fingerprint density at radius 1 is 1.35 bits per heavy atom. The second-order valence-electron chi connectivity index (χ2n) is 4.66. The van der Waals surface area contributed by atoms with E-state index in [1.54, 1.807) is 0 Å². The van der Waals surface area contributed by atoms with Gasteiger partial charge in [0.05, 0.1) is 6.61 Å². The number of nitrogens with zero attached hydrogens (tertiary/aromatic N) is 2. The van der Waals surface area contributed by atoms with E-state index in [0.717, 1.165) is 39.1 Å².